The molecule has 0 aliphatic heterocycles. The Kier molecular flexibility index (Phi) is 5.38. The molecule has 1 aromatic carbocycles. The van der Waals surface area contributed by atoms with Crippen LogP contribution in [-0.2, 0) is 34.1 Å². The molecule has 26 heavy (non-hydrogen) atoms. The zero-order valence-electron chi connectivity index (χ0n) is 15.0. The van der Waals surface area contributed by atoms with Gasteiger partial charge in [0, 0.05) is 32.5 Å². The van der Waals surface area contributed by atoms with Crippen molar-refractivity contribution in [1.82, 2.24) is 14.6 Å². The lowest BCUT2D eigenvalue weighted by Gasteiger charge is -2.26. The van der Waals surface area contributed by atoms with Crippen LogP contribution in [0.2, 0.25) is 0 Å². The third kappa shape index (κ3) is 4.28. The smallest absolute Gasteiger partial charge is 0.242 e. The highest BCUT2D eigenvalue weighted by atomic mass is 32.2. The molecule has 138 valence electrons. The van der Waals surface area contributed by atoms with Gasteiger partial charge in [-0.2, -0.15) is 0 Å². The van der Waals surface area contributed by atoms with Gasteiger partial charge in [-0.05, 0) is 48.1 Å². The molecule has 7 heteroatoms. The standard InChI is InChI=1S/C19H23N3O3S/c1-22(2)19(23)11-14-5-6-15-7-8-17(12-16(15)10-14)21-26(24,25)18-4-3-9-20-13-18/h3-6,9-10,13,17,21H,7-8,11-12H2,1-2H3. The number of nitrogens with one attached hydrogen (secondary N) is 1. The summed E-state index contributed by atoms with van der Waals surface area (Å²) in [6.07, 6.45) is 5.45. The molecule has 1 N–H and O–H groups in total. The molecule has 0 saturated heterocycles. The Hall–Kier alpha value is -2.25. The first kappa shape index (κ1) is 18.5. The average molecular weight is 373 g/mol. The van der Waals surface area contributed by atoms with Crippen molar-refractivity contribution in [2.24, 2.45) is 0 Å². The Bertz CT molecular complexity index is 896. The van der Waals surface area contributed by atoms with Crippen LogP contribution in [0, 0.1) is 0 Å². The second-order valence-electron chi connectivity index (χ2n) is 6.82. The number of hydrogen-bond acceptors (Lipinski definition) is 4. The molecule has 0 bridgehead atoms. The predicted octanol–water partition coefficient (Wildman–Crippen LogP) is 1.55. The first-order valence-corrected chi connectivity index (χ1v) is 10.1. The Morgan fingerprint density at radius 1 is 1.27 bits per heavy atom. The van der Waals surface area contributed by atoms with E-state index in [-0.39, 0.29) is 16.8 Å². The normalized spacial score (nSPS) is 16.8. The van der Waals surface area contributed by atoms with Crippen molar-refractivity contribution >= 4 is 15.9 Å². The van der Waals surface area contributed by atoms with Gasteiger partial charge in [-0.25, -0.2) is 13.1 Å². The van der Waals surface area contributed by atoms with Crippen LogP contribution in [-0.4, -0.2) is 44.3 Å². The molecular weight excluding hydrogens is 350 g/mol. The summed E-state index contributed by atoms with van der Waals surface area (Å²) < 4.78 is 27.8. The molecule has 1 atom stereocenters. The summed E-state index contributed by atoms with van der Waals surface area (Å²) in [6, 6.07) is 9.06. The highest BCUT2D eigenvalue weighted by Crippen LogP contribution is 2.24. The summed E-state index contributed by atoms with van der Waals surface area (Å²) >= 11 is 0. The summed E-state index contributed by atoms with van der Waals surface area (Å²) in [5.41, 5.74) is 3.29. The maximum absolute atomic E-state index is 12.5. The predicted molar refractivity (Wildman–Crippen MR) is 99.2 cm³/mol. The van der Waals surface area contributed by atoms with Crippen LogP contribution in [0.1, 0.15) is 23.1 Å². The van der Waals surface area contributed by atoms with Crippen LogP contribution in [0.3, 0.4) is 0 Å². The minimum absolute atomic E-state index is 0.0505. The third-order valence-electron chi connectivity index (χ3n) is 4.62. The molecule has 1 heterocycles. The van der Waals surface area contributed by atoms with E-state index >= 15 is 0 Å². The van der Waals surface area contributed by atoms with E-state index in [2.05, 4.69) is 15.8 Å². The van der Waals surface area contributed by atoms with Gasteiger partial charge in [0.1, 0.15) is 4.90 Å². The Balaban J connectivity index is 1.73. The summed E-state index contributed by atoms with van der Waals surface area (Å²) in [7, 11) is -0.0959. The second-order valence-corrected chi connectivity index (χ2v) is 8.53. The van der Waals surface area contributed by atoms with Crippen LogP contribution in [0.25, 0.3) is 0 Å². The maximum Gasteiger partial charge on any atom is 0.242 e. The molecule has 6 nitrogen and oxygen atoms in total. The number of benzene rings is 1. The lowest BCUT2D eigenvalue weighted by Crippen LogP contribution is -2.38. The van der Waals surface area contributed by atoms with Gasteiger partial charge in [0.15, 0.2) is 0 Å². The number of hydrogen-bond donors (Lipinski definition) is 1. The van der Waals surface area contributed by atoms with E-state index in [4.69, 9.17) is 0 Å². The highest BCUT2D eigenvalue weighted by Gasteiger charge is 2.24. The molecule has 1 aliphatic carbocycles. The zero-order valence-corrected chi connectivity index (χ0v) is 15.8. The topological polar surface area (TPSA) is 79.4 Å². The fraction of sp³-hybridized carbons (Fsp3) is 0.368. The largest absolute Gasteiger partial charge is 0.349 e. The summed E-state index contributed by atoms with van der Waals surface area (Å²) in [6.45, 7) is 0. The van der Waals surface area contributed by atoms with Crippen molar-refractivity contribution in [3.63, 3.8) is 0 Å². The average Bonchev–Trinajstić information content (AvgIpc) is 2.61. The van der Waals surface area contributed by atoms with Crippen molar-refractivity contribution in [2.45, 2.75) is 36.6 Å². The number of carbonyl (C=O) groups excluding carboxylic acids is 1. The number of likely N-dealkylation sites (N-methyl/N-ethyl adjacent to an activating group) is 1. The molecule has 1 amide bonds. The summed E-state index contributed by atoms with van der Waals surface area (Å²) in [5.74, 6) is 0.0505. The van der Waals surface area contributed by atoms with E-state index in [1.807, 2.05) is 12.1 Å². The van der Waals surface area contributed by atoms with Crippen molar-refractivity contribution in [3.8, 4) is 0 Å². The monoisotopic (exact) mass is 373 g/mol. The van der Waals surface area contributed by atoms with E-state index in [1.165, 1.54) is 17.8 Å². The van der Waals surface area contributed by atoms with Crippen molar-refractivity contribution in [2.75, 3.05) is 14.1 Å². The van der Waals surface area contributed by atoms with Gasteiger partial charge < -0.3 is 4.90 Å². The molecule has 1 unspecified atom stereocenters. The zero-order chi connectivity index (χ0) is 18.7. The van der Waals surface area contributed by atoms with Gasteiger partial charge in [-0.3, -0.25) is 9.78 Å². The molecular formula is C19H23N3O3S. The molecule has 0 fully saturated rings. The van der Waals surface area contributed by atoms with E-state index in [0.717, 1.165) is 24.0 Å². The number of pyridine rings is 1. The number of sulfonamides is 1. The van der Waals surface area contributed by atoms with Gasteiger partial charge in [0.2, 0.25) is 15.9 Å². The van der Waals surface area contributed by atoms with Crippen LogP contribution >= 0.6 is 0 Å². The fourth-order valence-corrected chi connectivity index (χ4v) is 4.38. The van der Waals surface area contributed by atoms with Crippen LogP contribution in [0.4, 0.5) is 0 Å². The van der Waals surface area contributed by atoms with Crippen LogP contribution in [0.5, 0.6) is 0 Å². The maximum atomic E-state index is 12.5. The Morgan fingerprint density at radius 3 is 2.77 bits per heavy atom. The SMILES string of the molecule is CN(C)C(=O)Cc1ccc2c(c1)CC(NS(=O)(=O)c1cccnc1)CC2. The van der Waals surface area contributed by atoms with Crippen LogP contribution in [0.15, 0.2) is 47.6 Å². The second kappa shape index (κ2) is 7.55. The lowest BCUT2D eigenvalue weighted by atomic mass is 9.87. The number of carbonyl (C=O) groups is 1. The fourth-order valence-electron chi connectivity index (χ4n) is 3.15. The van der Waals surface area contributed by atoms with Crippen molar-refractivity contribution in [3.05, 3.63) is 59.4 Å². The van der Waals surface area contributed by atoms with Gasteiger partial charge in [0.25, 0.3) is 0 Å². The molecule has 1 aliphatic rings. The quantitative estimate of drug-likeness (QED) is 0.862. The summed E-state index contributed by atoms with van der Waals surface area (Å²) in [5, 5.41) is 0. The number of aryl methyl sites for hydroxylation is 1. The van der Waals surface area contributed by atoms with Crippen molar-refractivity contribution < 1.29 is 13.2 Å². The molecule has 2 aromatic rings. The number of rotatable bonds is 5. The lowest BCUT2D eigenvalue weighted by molar-refractivity contribution is -0.127. The van der Waals surface area contributed by atoms with E-state index in [9.17, 15) is 13.2 Å². The molecule has 1 aromatic heterocycles. The summed E-state index contributed by atoms with van der Waals surface area (Å²) in [4.78, 5) is 17.5. The van der Waals surface area contributed by atoms with Gasteiger partial charge in [-0.15, -0.1) is 0 Å². The van der Waals surface area contributed by atoms with E-state index in [0.29, 0.717) is 12.8 Å². The van der Waals surface area contributed by atoms with Gasteiger partial charge in [0.05, 0.1) is 6.42 Å². The minimum atomic E-state index is -3.58. The number of amides is 1. The Labute approximate surface area is 154 Å². The highest BCUT2D eigenvalue weighted by molar-refractivity contribution is 7.89. The molecule has 0 spiro atoms. The Morgan fingerprint density at radius 2 is 2.08 bits per heavy atom. The molecule has 0 saturated carbocycles. The van der Waals surface area contributed by atoms with Gasteiger partial charge in [-0.1, -0.05) is 18.2 Å². The first-order chi connectivity index (χ1) is 12.3. The number of nitrogens with zero attached hydrogens (tertiary/aromatic N) is 2. The van der Waals surface area contributed by atoms with E-state index in [1.54, 1.807) is 31.3 Å². The third-order valence-corrected chi connectivity index (χ3v) is 6.13. The van der Waals surface area contributed by atoms with Gasteiger partial charge >= 0.3 is 0 Å². The van der Waals surface area contributed by atoms with Crippen LogP contribution < -0.4 is 4.72 Å². The first-order valence-electron chi connectivity index (χ1n) is 8.58. The minimum Gasteiger partial charge on any atom is -0.349 e. The van der Waals surface area contributed by atoms with E-state index < -0.39 is 10.0 Å². The van der Waals surface area contributed by atoms with Crippen molar-refractivity contribution in [1.29, 1.82) is 0 Å². The number of fused-ring (bicyclic) bond motifs is 1. The number of aromatic nitrogens is 1. The molecule has 3 rings (SSSR count). The molecule has 0 radical (unpaired) electrons.